The van der Waals surface area contributed by atoms with Gasteiger partial charge in [-0.05, 0) is 48.2 Å². The second kappa shape index (κ2) is 9.14. The molecule has 3 rings (SSSR count). The summed E-state index contributed by atoms with van der Waals surface area (Å²) in [4.78, 5) is 24.9. The molecule has 0 saturated heterocycles. The smallest absolute Gasteiger partial charge is 0.261 e. The SMILES string of the molecule is CC(NC(=O)c1cccs1)C(=O)Nc1cccc(OCc2ccc(F)cc2)c1. The lowest BCUT2D eigenvalue weighted by atomic mass is 10.2. The van der Waals surface area contributed by atoms with Crippen molar-refractivity contribution in [2.45, 2.75) is 19.6 Å². The van der Waals surface area contributed by atoms with Gasteiger partial charge in [0.05, 0.1) is 4.88 Å². The van der Waals surface area contributed by atoms with Crippen LogP contribution in [0.25, 0.3) is 0 Å². The number of amides is 2. The summed E-state index contributed by atoms with van der Waals surface area (Å²) < 4.78 is 18.6. The third-order valence-corrected chi connectivity index (χ3v) is 4.77. The van der Waals surface area contributed by atoms with Crippen LogP contribution in [0.1, 0.15) is 22.2 Å². The maximum Gasteiger partial charge on any atom is 0.261 e. The summed E-state index contributed by atoms with van der Waals surface area (Å²) in [5.41, 5.74) is 1.39. The highest BCUT2D eigenvalue weighted by Gasteiger charge is 2.17. The van der Waals surface area contributed by atoms with Gasteiger partial charge in [0.2, 0.25) is 5.91 Å². The number of nitrogens with one attached hydrogen (secondary N) is 2. The van der Waals surface area contributed by atoms with Crippen molar-refractivity contribution in [3.05, 3.63) is 82.3 Å². The zero-order valence-electron chi connectivity index (χ0n) is 15.1. The minimum atomic E-state index is -0.696. The molecule has 0 spiro atoms. The molecule has 7 heteroatoms. The number of carbonyl (C=O) groups is 2. The van der Waals surface area contributed by atoms with Crippen molar-refractivity contribution in [2.24, 2.45) is 0 Å². The first kappa shape index (κ1) is 19.6. The zero-order chi connectivity index (χ0) is 19.9. The summed E-state index contributed by atoms with van der Waals surface area (Å²) in [5, 5.41) is 7.23. The Hall–Kier alpha value is -3.19. The summed E-state index contributed by atoms with van der Waals surface area (Å²) in [6.07, 6.45) is 0. The molecule has 1 aromatic heterocycles. The van der Waals surface area contributed by atoms with Crippen molar-refractivity contribution < 1.29 is 18.7 Å². The summed E-state index contributed by atoms with van der Waals surface area (Å²) in [6.45, 7) is 1.90. The first-order valence-corrected chi connectivity index (χ1v) is 9.52. The number of benzene rings is 2. The Bertz CT molecular complexity index is 943. The molecule has 0 aliphatic heterocycles. The van der Waals surface area contributed by atoms with Crippen LogP contribution in [0.2, 0.25) is 0 Å². The number of carbonyl (C=O) groups excluding carboxylic acids is 2. The monoisotopic (exact) mass is 398 g/mol. The van der Waals surface area contributed by atoms with Gasteiger partial charge in [-0.25, -0.2) is 4.39 Å². The van der Waals surface area contributed by atoms with Gasteiger partial charge in [-0.1, -0.05) is 24.3 Å². The molecule has 0 radical (unpaired) electrons. The summed E-state index contributed by atoms with van der Waals surface area (Å²) in [5.74, 6) is -0.347. The first-order valence-electron chi connectivity index (χ1n) is 8.64. The van der Waals surface area contributed by atoms with Crippen LogP contribution >= 0.6 is 11.3 Å². The lowest BCUT2D eigenvalue weighted by Crippen LogP contribution is -2.41. The van der Waals surface area contributed by atoms with Gasteiger partial charge in [0.1, 0.15) is 24.2 Å². The first-order chi connectivity index (χ1) is 13.5. The van der Waals surface area contributed by atoms with Crippen LogP contribution in [0, 0.1) is 5.82 Å². The molecule has 5 nitrogen and oxygen atoms in total. The predicted molar refractivity (Wildman–Crippen MR) is 107 cm³/mol. The second-order valence-corrected chi connectivity index (χ2v) is 7.05. The Morgan fingerprint density at radius 1 is 1.11 bits per heavy atom. The maximum absolute atomic E-state index is 12.9. The number of halogens is 1. The van der Waals surface area contributed by atoms with Gasteiger partial charge in [-0.2, -0.15) is 0 Å². The number of ether oxygens (including phenoxy) is 1. The molecule has 2 N–H and O–H groups in total. The van der Waals surface area contributed by atoms with Gasteiger partial charge in [-0.15, -0.1) is 11.3 Å². The van der Waals surface area contributed by atoms with Crippen molar-refractivity contribution in [2.75, 3.05) is 5.32 Å². The summed E-state index contributed by atoms with van der Waals surface area (Å²) >= 11 is 1.31. The average molecular weight is 398 g/mol. The highest BCUT2D eigenvalue weighted by atomic mass is 32.1. The number of rotatable bonds is 7. The van der Waals surface area contributed by atoms with Crippen LogP contribution in [0.15, 0.2) is 66.0 Å². The van der Waals surface area contributed by atoms with Crippen LogP contribution in [0.4, 0.5) is 10.1 Å². The highest BCUT2D eigenvalue weighted by molar-refractivity contribution is 7.12. The van der Waals surface area contributed by atoms with E-state index in [0.717, 1.165) is 5.56 Å². The molecule has 2 aromatic carbocycles. The van der Waals surface area contributed by atoms with Crippen molar-refractivity contribution in [1.29, 1.82) is 0 Å². The minimum Gasteiger partial charge on any atom is -0.489 e. The largest absolute Gasteiger partial charge is 0.489 e. The number of hydrogen-bond donors (Lipinski definition) is 2. The van der Waals surface area contributed by atoms with Gasteiger partial charge < -0.3 is 15.4 Å². The molecule has 0 bridgehead atoms. The maximum atomic E-state index is 12.9. The lowest BCUT2D eigenvalue weighted by Gasteiger charge is -2.14. The van der Waals surface area contributed by atoms with E-state index in [1.54, 1.807) is 60.8 Å². The van der Waals surface area contributed by atoms with E-state index in [0.29, 0.717) is 16.3 Å². The van der Waals surface area contributed by atoms with Crippen LogP contribution in [-0.4, -0.2) is 17.9 Å². The van der Waals surface area contributed by atoms with Crippen molar-refractivity contribution >= 4 is 28.8 Å². The van der Waals surface area contributed by atoms with E-state index in [1.807, 2.05) is 0 Å². The molecule has 2 amide bonds. The molecule has 0 saturated carbocycles. The molecule has 0 fully saturated rings. The Morgan fingerprint density at radius 2 is 1.89 bits per heavy atom. The van der Waals surface area contributed by atoms with Gasteiger partial charge in [-0.3, -0.25) is 9.59 Å². The number of thiophene rings is 1. The van der Waals surface area contributed by atoms with Crippen molar-refractivity contribution in [3.8, 4) is 5.75 Å². The normalized spacial score (nSPS) is 11.5. The number of hydrogen-bond acceptors (Lipinski definition) is 4. The Balaban J connectivity index is 1.55. The van der Waals surface area contributed by atoms with E-state index < -0.39 is 6.04 Å². The van der Waals surface area contributed by atoms with E-state index >= 15 is 0 Å². The van der Waals surface area contributed by atoms with Crippen LogP contribution in [0.3, 0.4) is 0 Å². The molecule has 3 aromatic rings. The van der Waals surface area contributed by atoms with Crippen molar-refractivity contribution in [3.63, 3.8) is 0 Å². The Kier molecular flexibility index (Phi) is 6.39. The topological polar surface area (TPSA) is 67.4 Å². The van der Waals surface area contributed by atoms with E-state index in [2.05, 4.69) is 10.6 Å². The standard InChI is InChI=1S/C21H19FN2O3S/c1-14(23-21(26)19-6-3-11-28-19)20(25)24-17-4-2-5-18(12-17)27-13-15-7-9-16(22)10-8-15/h2-12,14H,13H2,1H3,(H,23,26)(H,24,25). The molecule has 28 heavy (non-hydrogen) atoms. The molecule has 0 aliphatic carbocycles. The fraction of sp³-hybridized carbons (Fsp3) is 0.143. The highest BCUT2D eigenvalue weighted by Crippen LogP contribution is 2.19. The molecular formula is C21H19FN2O3S. The van der Waals surface area contributed by atoms with Gasteiger partial charge in [0, 0.05) is 11.8 Å². The fourth-order valence-electron chi connectivity index (χ4n) is 2.40. The van der Waals surface area contributed by atoms with E-state index in [4.69, 9.17) is 4.74 Å². The fourth-order valence-corrected chi connectivity index (χ4v) is 3.03. The third kappa shape index (κ3) is 5.40. The van der Waals surface area contributed by atoms with E-state index in [1.165, 1.54) is 23.5 Å². The lowest BCUT2D eigenvalue weighted by molar-refractivity contribution is -0.117. The summed E-state index contributed by atoms with van der Waals surface area (Å²) in [7, 11) is 0. The zero-order valence-corrected chi connectivity index (χ0v) is 16.0. The molecule has 1 atom stereocenters. The van der Waals surface area contributed by atoms with Crippen molar-refractivity contribution in [1.82, 2.24) is 5.32 Å². The molecule has 1 heterocycles. The van der Waals surface area contributed by atoms with Gasteiger partial charge >= 0.3 is 0 Å². The number of anilines is 1. The third-order valence-electron chi connectivity index (χ3n) is 3.91. The molecule has 1 unspecified atom stereocenters. The Morgan fingerprint density at radius 3 is 2.61 bits per heavy atom. The Labute approximate surface area is 166 Å². The minimum absolute atomic E-state index is 0.283. The quantitative estimate of drug-likeness (QED) is 0.626. The summed E-state index contributed by atoms with van der Waals surface area (Å²) in [6, 6.07) is 15.8. The van der Waals surface area contributed by atoms with Crippen LogP contribution in [-0.2, 0) is 11.4 Å². The average Bonchev–Trinajstić information content (AvgIpc) is 3.23. The molecule has 144 valence electrons. The van der Waals surface area contributed by atoms with E-state index in [9.17, 15) is 14.0 Å². The predicted octanol–water partition coefficient (Wildman–Crippen LogP) is 4.22. The van der Waals surface area contributed by atoms with Crippen LogP contribution in [0.5, 0.6) is 5.75 Å². The molecule has 0 aliphatic rings. The van der Waals surface area contributed by atoms with Gasteiger partial charge in [0.25, 0.3) is 5.91 Å². The van der Waals surface area contributed by atoms with E-state index in [-0.39, 0.29) is 24.2 Å². The van der Waals surface area contributed by atoms with Gasteiger partial charge in [0.15, 0.2) is 0 Å². The second-order valence-electron chi connectivity index (χ2n) is 6.10. The molecular weight excluding hydrogens is 379 g/mol. The van der Waals surface area contributed by atoms with Crippen LogP contribution < -0.4 is 15.4 Å².